The van der Waals surface area contributed by atoms with Gasteiger partial charge in [0.05, 0.1) is 30.3 Å². The number of aromatic nitrogens is 3. The van der Waals surface area contributed by atoms with Crippen molar-refractivity contribution in [2.45, 2.75) is 20.4 Å². The van der Waals surface area contributed by atoms with Crippen LogP contribution in [0.4, 0.5) is 11.6 Å². The Bertz CT molecular complexity index is 457. The number of anilines is 2. The van der Waals surface area contributed by atoms with E-state index >= 15 is 0 Å². The van der Waals surface area contributed by atoms with Crippen molar-refractivity contribution in [2.24, 2.45) is 0 Å². The zero-order chi connectivity index (χ0) is 11.5. The van der Waals surface area contributed by atoms with E-state index in [1.807, 2.05) is 13.8 Å². The molecule has 0 aliphatic carbocycles. The first-order valence-electron chi connectivity index (χ1n) is 4.89. The van der Waals surface area contributed by atoms with Gasteiger partial charge in [0.15, 0.2) is 0 Å². The third-order valence-electron chi connectivity index (χ3n) is 2.14. The molecule has 0 spiro atoms. The molecule has 0 saturated carbocycles. The van der Waals surface area contributed by atoms with Gasteiger partial charge in [-0.2, -0.15) is 0 Å². The fourth-order valence-corrected chi connectivity index (χ4v) is 1.20. The molecule has 0 unspecified atom stereocenters. The van der Waals surface area contributed by atoms with Gasteiger partial charge in [0.2, 0.25) is 11.8 Å². The highest BCUT2D eigenvalue weighted by molar-refractivity contribution is 5.35. The van der Waals surface area contributed by atoms with Crippen molar-refractivity contribution in [2.75, 3.05) is 11.1 Å². The number of hydrogen-bond acceptors (Lipinski definition) is 6. The Morgan fingerprint density at radius 3 is 2.56 bits per heavy atom. The highest BCUT2D eigenvalue weighted by Gasteiger charge is 2.05. The first-order valence-corrected chi connectivity index (χ1v) is 4.89. The normalized spacial score (nSPS) is 10.4. The van der Waals surface area contributed by atoms with Crippen LogP contribution in [0, 0.1) is 13.8 Å². The lowest BCUT2D eigenvalue weighted by Crippen LogP contribution is -2.04. The summed E-state index contributed by atoms with van der Waals surface area (Å²) in [6.45, 7) is 4.24. The van der Waals surface area contributed by atoms with E-state index in [1.54, 1.807) is 12.4 Å². The molecule has 0 amide bonds. The van der Waals surface area contributed by atoms with Gasteiger partial charge in [-0.25, -0.2) is 15.0 Å². The van der Waals surface area contributed by atoms with E-state index in [0.717, 1.165) is 11.5 Å². The van der Waals surface area contributed by atoms with Crippen LogP contribution in [0.1, 0.15) is 17.3 Å². The molecule has 0 radical (unpaired) electrons. The van der Waals surface area contributed by atoms with E-state index in [-0.39, 0.29) is 0 Å². The second-order valence-corrected chi connectivity index (χ2v) is 3.44. The number of nitrogen functional groups attached to an aromatic ring is 1. The van der Waals surface area contributed by atoms with Crippen LogP contribution in [-0.2, 0) is 6.54 Å². The van der Waals surface area contributed by atoms with Crippen LogP contribution in [-0.4, -0.2) is 15.0 Å². The fourth-order valence-electron chi connectivity index (χ4n) is 1.20. The molecule has 0 aliphatic heterocycles. The molecular weight excluding hydrogens is 206 g/mol. The minimum Gasteiger partial charge on any atom is -0.444 e. The van der Waals surface area contributed by atoms with Gasteiger partial charge in [0.25, 0.3) is 0 Å². The van der Waals surface area contributed by atoms with Crippen molar-refractivity contribution in [3.05, 3.63) is 29.7 Å². The Kier molecular flexibility index (Phi) is 2.72. The van der Waals surface area contributed by atoms with Crippen molar-refractivity contribution in [3.63, 3.8) is 0 Å². The highest BCUT2D eigenvalue weighted by atomic mass is 16.4. The first-order chi connectivity index (χ1) is 7.65. The Labute approximate surface area is 92.9 Å². The lowest BCUT2D eigenvalue weighted by Gasteiger charge is -2.00. The number of nitrogens with zero attached hydrogens (tertiary/aromatic N) is 3. The van der Waals surface area contributed by atoms with Gasteiger partial charge in [-0.05, 0) is 13.8 Å². The summed E-state index contributed by atoms with van der Waals surface area (Å²) >= 11 is 0. The Morgan fingerprint density at radius 1 is 1.31 bits per heavy atom. The second-order valence-electron chi connectivity index (χ2n) is 3.44. The Morgan fingerprint density at radius 2 is 2.00 bits per heavy atom. The molecular formula is C10H13N5O. The predicted octanol–water partition coefficient (Wildman–Crippen LogP) is 1.28. The summed E-state index contributed by atoms with van der Waals surface area (Å²) in [5.74, 6) is 1.95. The molecule has 0 aromatic carbocycles. The lowest BCUT2D eigenvalue weighted by molar-refractivity contribution is 0.478. The average molecular weight is 219 g/mol. The molecule has 0 saturated heterocycles. The number of nitrogens with two attached hydrogens (primary N) is 1. The van der Waals surface area contributed by atoms with Crippen LogP contribution < -0.4 is 11.1 Å². The number of oxazole rings is 1. The summed E-state index contributed by atoms with van der Waals surface area (Å²) in [6, 6.07) is 0. The molecule has 0 fully saturated rings. The van der Waals surface area contributed by atoms with Gasteiger partial charge in [0.1, 0.15) is 5.76 Å². The lowest BCUT2D eigenvalue weighted by atomic mass is 10.4. The minimum atomic E-state index is 0.457. The summed E-state index contributed by atoms with van der Waals surface area (Å²) in [7, 11) is 0. The number of rotatable bonds is 3. The van der Waals surface area contributed by atoms with Gasteiger partial charge in [-0.1, -0.05) is 0 Å². The third-order valence-corrected chi connectivity index (χ3v) is 2.14. The van der Waals surface area contributed by atoms with Crippen molar-refractivity contribution in [1.29, 1.82) is 0 Å². The maximum atomic E-state index is 5.47. The molecule has 6 nitrogen and oxygen atoms in total. The average Bonchev–Trinajstić information content (AvgIpc) is 2.58. The minimum absolute atomic E-state index is 0.457. The summed E-state index contributed by atoms with van der Waals surface area (Å²) in [5.41, 5.74) is 6.91. The SMILES string of the molecule is Cc1nc(CNc2ncc(N)cn2)oc1C. The Hall–Kier alpha value is -2.11. The molecule has 0 aliphatic rings. The largest absolute Gasteiger partial charge is 0.444 e. The second kappa shape index (κ2) is 4.18. The molecule has 3 N–H and O–H groups in total. The zero-order valence-corrected chi connectivity index (χ0v) is 9.19. The molecule has 2 aromatic heterocycles. The quantitative estimate of drug-likeness (QED) is 0.808. The summed E-state index contributed by atoms with van der Waals surface area (Å²) < 4.78 is 5.41. The van der Waals surface area contributed by atoms with Crippen molar-refractivity contribution in [1.82, 2.24) is 15.0 Å². The molecule has 2 rings (SSSR count). The summed E-state index contributed by atoms with van der Waals surface area (Å²) in [5, 5.41) is 2.99. The van der Waals surface area contributed by atoms with E-state index in [1.165, 1.54) is 0 Å². The first kappa shape index (κ1) is 10.4. The molecule has 16 heavy (non-hydrogen) atoms. The maximum Gasteiger partial charge on any atom is 0.223 e. The number of hydrogen-bond donors (Lipinski definition) is 2. The molecule has 84 valence electrons. The van der Waals surface area contributed by atoms with E-state index in [0.29, 0.717) is 24.1 Å². The van der Waals surface area contributed by atoms with E-state index in [9.17, 15) is 0 Å². The highest BCUT2D eigenvalue weighted by Crippen LogP contribution is 2.09. The number of aryl methyl sites for hydroxylation is 2. The number of nitrogens with one attached hydrogen (secondary N) is 1. The van der Waals surface area contributed by atoms with Crippen LogP contribution in [0.3, 0.4) is 0 Å². The molecule has 0 atom stereocenters. The van der Waals surface area contributed by atoms with Crippen LogP contribution in [0.5, 0.6) is 0 Å². The Balaban J connectivity index is 1.99. The molecule has 6 heteroatoms. The van der Waals surface area contributed by atoms with Crippen LogP contribution in [0.25, 0.3) is 0 Å². The molecule has 2 aromatic rings. The zero-order valence-electron chi connectivity index (χ0n) is 9.19. The molecule has 2 heterocycles. The summed E-state index contributed by atoms with van der Waals surface area (Å²) in [4.78, 5) is 12.2. The third kappa shape index (κ3) is 2.28. The van der Waals surface area contributed by atoms with E-state index < -0.39 is 0 Å². The van der Waals surface area contributed by atoms with E-state index in [2.05, 4.69) is 20.3 Å². The van der Waals surface area contributed by atoms with Gasteiger partial charge < -0.3 is 15.5 Å². The van der Waals surface area contributed by atoms with Gasteiger partial charge in [-0.3, -0.25) is 0 Å². The monoisotopic (exact) mass is 219 g/mol. The standard InChI is InChI=1S/C10H13N5O/c1-6-7(2)16-9(15-6)5-14-10-12-3-8(11)4-13-10/h3-4H,5,11H2,1-2H3,(H,12,13,14). The van der Waals surface area contributed by atoms with Crippen LogP contribution in [0.2, 0.25) is 0 Å². The van der Waals surface area contributed by atoms with Gasteiger partial charge in [-0.15, -0.1) is 0 Å². The van der Waals surface area contributed by atoms with Gasteiger partial charge >= 0.3 is 0 Å². The van der Waals surface area contributed by atoms with E-state index in [4.69, 9.17) is 10.2 Å². The van der Waals surface area contributed by atoms with Crippen molar-refractivity contribution < 1.29 is 4.42 Å². The molecule has 0 bridgehead atoms. The smallest absolute Gasteiger partial charge is 0.223 e. The van der Waals surface area contributed by atoms with Crippen molar-refractivity contribution >= 4 is 11.6 Å². The maximum absolute atomic E-state index is 5.47. The van der Waals surface area contributed by atoms with Crippen LogP contribution in [0.15, 0.2) is 16.8 Å². The topological polar surface area (TPSA) is 89.9 Å². The van der Waals surface area contributed by atoms with Gasteiger partial charge in [0, 0.05) is 0 Å². The fraction of sp³-hybridized carbons (Fsp3) is 0.300. The summed E-state index contributed by atoms with van der Waals surface area (Å²) in [6.07, 6.45) is 3.09. The van der Waals surface area contributed by atoms with Crippen molar-refractivity contribution in [3.8, 4) is 0 Å². The van der Waals surface area contributed by atoms with Crippen LogP contribution >= 0.6 is 0 Å². The predicted molar refractivity (Wildman–Crippen MR) is 59.7 cm³/mol.